The Hall–Kier alpha value is -3.88. The van der Waals surface area contributed by atoms with Gasteiger partial charge in [0.25, 0.3) is 11.8 Å². The number of hydrogen-bond donors (Lipinski definition) is 4. The number of fused-ring (bicyclic) bond motifs is 1. The van der Waals surface area contributed by atoms with E-state index in [1.54, 1.807) is 23.7 Å². The third-order valence-electron chi connectivity index (χ3n) is 4.97. The zero-order valence-corrected chi connectivity index (χ0v) is 18.1. The summed E-state index contributed by atoms with van der Waals surface area (Å²) < 4.78 is 0. The number of hydroxylamine groups is 1. The van der Waals surface area contributed by atoms with E-state index in [9.17, 15) is 9.59 Å². The number of nitrogens with zero attached hydrogens (tertiary/aromatic N) is 2. The predicted octanol–water partition coefficient (Wildman–Crippen LogP) is 4.32. The fraction of sp³-hybridized carbons (Fsp3) is 0.0870. The van der Waals surface area contributed by atoms with Gasteiger partial charge in [-0.1, -0.05) is 11.6 Å². The SMILES string of the molecule is CN(C)c1ccc2[nH]c(-c3cc(NC(=O)c4ccc(C(=O)NO)cc4)ccc3Cl)nc2c1. The molecule has 0 spiro atoms. The summed E-state index contributed by atoms with van der Waals surface area (Å²) in [7, 11) is 3.93. The second-order valence-corrected chi connectivity index (χ2v) is 7.76. The molecule has 4 N–H and O–H groups in total. The predicted molar refractivity (Wildman–Crippen MR) is 125 cm³/mol. The summed E-state index contributed by atoms with van der Waals surface area (Å²) in [6.07, 6.45) is 0. The number of amides is 2. The van der Waals surface area contributed by atoms with Crippen LogP contribution in [0, 0.1) is 0 Å². The molecule has 0 radical (unpaired) electrons. The van der Waals surface area contributed by atoms with Crippen molar-refractivity contribution in [3.05, 3.63) is 76.8 Å². The van der Waals surface area contributed by atoms with E-state index in [1.165, 1.54) is 24.3 Å². The average molecular weight is 450 g/mol. The third-order valence-corrected chi connectivity index (χ3v) is 5.30. The Balaban J connectivity index is 1.59. The molecule has 0 saturated carbocycles. The molecule has 3 aromatic carbocycles. The van der Waals surface area contributed by atoms with Gasteiger partial charge in [-0.2, -0.15) is 0 Å². The molecule has 1 aromatic heterocycles. The minimum atomic E-state index is -0.650. The Labute approximate surface area is 188 Å². The van der Waals surface area contributed by atoms with E-state index in [0.717, 1.165) is 16.7 Å². The molecule has 8 nitrogen and oxygen atoms in total. The number of carbonyl (C=O) groups excluding carboxylic acids is 2. The van der Waals surface area contributed by atoms with Gasteiger partial charge >= 0.3 is 0 Å². The van der Waals surface area contributed by atoms with Crippen molar-refractivity contribution in [2.75, 3.05) is 24.3 Å². The van der Waals surface area contributed by atoms with Gasteiger partial charge in [0.1, 0.15) is 5.82 Å². The van der Waals surface area contributed by atoms with Gasteiger partial charge in [-0.3, -0.25) is 14.8 Å². The van der Waals surface area contributed by atoms with Gasteiger partial charge in [-0.15, -0.1) is 0 Å². The monoisotopic (exact) mass is 449 g/mol. The number of imidazole rings is 1. The van der Waals surface area contributed by atoms with Crippen molar-refractivity contribution in [1.29, 1.82) is 0 Å². The largest absolute Gasteiger partial charge is 0.378 e. The summed E-state index contributed by atoms with van der Waals surface area (Å²) in [5.74, 6) is -0.409. The van der Waals surface area contributed by atoms with Crippen LogP contribution >= 0.6 is 11.6 Å². The van der Waals surface area contributed by atoms with E-state index in [4.69, 9.17) is 16.8 Å². The van der Waals surface area contributed by atoms with Crippen LogP contribution in [0.15, 0.2) is 60.7 Å². The Morgan fingerprint density at radius 2 is 1.66 bits per heavy atom. The fourth-order valence-electron chi connectivity index (χ4n) is 3.23. The second kappa shape index (κ2) is 8.70. The molecule has 0 atom stereocenters. The Morgan fingerprint density at radius 1 is 0.969 bits per heavy atom. The van der Waals surface area contributed by atoms with Gasteiger partial charge in [0.15, 0.2) is 0 Å². The van der Waals surface area contributed by atoms with Crippen molar-refractivity contribution in [2.45, 2.75) is 0 Å². The zero-order chi connectivity index (χ0) is 22.8. The van der Waals surface area contributed by atoms with Gasteiger partial charge in [-0.05, 0) is 60.7 Å². The molecule has 0 aliphatic heterocycles. The highest BCUT2D eigenvalue weighted by Gasteiger charge is 2.13. The maximum atomic E-state index is 12.6. The quantitative estimate of drug-likeness (QED) is 0.268. The lowest BCUT2D eigenvalue weighted by atomic mass is 10.1. The molecule has 32 heavy (non-hydrogen) atoms. The molecule has 0 unspecified atom stereocenters. The number of H-pyrrole nitrogens is 1. The molecule has 0 saturated heterocycles. The maximum absolute atomic E-state index is 12.6. The highest BCUT2D eigenvalue weighted by molar-refractivity contribution is 6.33. The lowest BCUT2D eigenvalue weighted by Gasteiger charge is -2.11. The number of anilines is 2. The van der Waals surface area contributed by atoms with Crippen molar-refractivity contribution in [3.8, 4) is 11.4 Å². The van der Waals surface area contributed by atoms with Gasteiger partial charge in [0.2, 0.25) is 0 Å². The van der Waals surface area contributed by atoms with Crippen molar-refractivity contribution in [3.63, 3.8) is 0 Å². The minimum absolute atomic E-state index is 0.236. The number of benzene rings is 3. The highest BCUT2D eigenvalue weighted by Crippen LogP contribution is 2.31. The molecule has 162 valence electrons. The lowest BCUT2D eigenvalue weighted by molar-refractivity contribution is 0.0706. The van der Waals surface area contributed by atoms with Crippen LogP contribution in [0.1, 0.15) is 20.7 Å². The number of aromatic nitrogens is 2. The molecule has 4 aromatic rings. The minimum Gasteiger partial charge on any atom is -0.378 e. The van der Waals surface area contributed by atoms with Crippen LogP contribution in [0.25, 0.3) is 22.4 Å². The van der Waals surface area contributed by atoms with Gasteiger partial charge in [0.05, 0.1) is 16.1 Å². The second-order valence-electron chi connectivity index (χ2n) is 7.35. The number of rotatable bonds is 5. The maximum Gasteiger partial charge on any atom is 0.274 e. The van der Waals surface area contributed by atoms with E-state index < -0.39 is 5.91 Å². The van der Waals surface area contributed by atoms with E-state index >= 15 is 0 Å². The molecule has 0 fully saturated rings. The molecule has 0 aliphatic carbocycles. The summed E-state index contributed by atoms with van der Waals surface area (Å²) >= 11 is 6.42. The average Bonchev–Trinajstić information content (AvgIpc) is 3.23. The number of hydrogen-bond acceptors (Lipinski definition) is 5. The zero-order valence-electron chi connectivity index (χ0n) is 17.3. The molecule has 4 rings (SSSR count). The first-order chi connectivity index (χ1) is 15.4. The molecular formula is C23H20ClN5O3. The first-order valence-electron chi connectivity index (χ1n) is 9.68. The fourth-order valence-corrected chi connectivity index (χ4v) is 3.43. The Bertz CT molecular complexity index is 1320. The number of nitrogens with one attached hydrogen (secondary N) is 3. The van der Waals surface area contributed by atoms with Crippen LogP contribution in [-0.2, 0) is 0 Å². The third kappa shape index (κ3) is 4.27. The first kappa shape index (κ1) is 21.4. The molecule has 0 bridgehead atoms. The molecule has 0 aliphatic rings. The first-order valence-corrected chi connectivity index (χ1v) is 10.1. The van der Waals surface area contributed by atoms with Crippen LogP contribution in [0.2, 0.25) is 5.02 Å². The van der Waals surface area contributed by atoms with E-state index in [1.807, 2.05) is 37.2 Å². The molecule has 1 heterocycles. The topological polar surface area (TPSA) is 110 Å². The van der Waals surface area contributed by atoms with Crippen LogP contribution in [0.5, 0.6) is 0 Å². The normalized spacial score (nSPS) is 10.8. The number of carbonyl (C=O) groups is 2. The van der Waals surface area contributed by atoms with Crippen molar-refractivity contribution >= 4 is 45.8 Å². The van der Waals surface area contributed by atoms with Gasteiger partial charge < -0.3 is 15.2 Å². The summed E-state index contributed by atoms with van der Waals surface area (Å²) in [5.41, 5.74) is 6.06. The molecule has 9 heteroatoms. The van der Waals surface area contributed by atoms with Crippen molar-refractivity contribution in [2.24, 2.45) is 0 Å². The standard InChI is InChI=1S/C23H20ClN5O3/c1-29(2)16-8-10-19-20(12-16)27-21(26-19)17-11-15(7-9-18(17)24)25-22(30)13-3-5-14(6-4-13)23(31)28-32/h3-12,32H,1-2H3,(H,25,30)(H,26,27)(H,28,31). The van der Waals surface area contributed by atoms with Crippen molar-refractivity contribution in [1.82, 2.24) is 15.4 Å². The van der Waals surface area contributed by atoms with Crippen LogP contribution < -0.4 is 15.7 Å². The molecule has 2 amide bonds. The van der Waals surface area contributed by atoms with Crippen molar-refractivity contribution < 1.29 is 14.8 Å². The summed E-state index contributed by atoms with van der Waals surface area (Å²) in [4.78, 5) is 34.0. The number of aromatic amines is 1. The van der Waals surface area contributed by atoms with E-state index in [-0.39, 0.29) is 11.5 Å². The molecular weight excluding hydrogens is 430 g/mol. The van der Waals surface area contributed by atoms with Gasteiger partial charge in [0, 0.05) is 42.2 Å². The summed E-state index contributed by atoms with van der Waals surface area (Å²) in [6, 6.07) is 17.0. The van der Waals surface area contributed by atoms with Crippen LogP contribution in [0.3, 0.4) is 0 Å². The lowest BCUT2D eigenvalue weighted by Crippen LogP contribution is -2.19. The Kier molecular flexibility index (Phi) is 5.81. The van der Waals surface area contributed by atoms with Gasteiger partial charge in [-0.25, -0.2) is 10.5 Å². The van der Waals surface area contributed by atoms with Crippen LogP contribution in [0.4, 0.5) is 11.4 Å². The van der Waals surface area contributed by atoms with E-state index in [2.05, 4.69) is 15.3 Å². The summed E-state index contributed by atoms with van der Waals surface area (Å²) in [6.45, 7) is 0. The summed E-state index contributed by atoms with van der Waals surface area (Å²) in [5, 5.41) is 12.0. The Morgan fingerprint density at radius 3 is 2.31 bits per heavy atom. The van der Waals surface area contributed by atoms with E-state index in [0.29, 0.717) is 27.7 Å². The highest BCUT2D eigenvalue weighted by atomic mass is 35.5. The smallest absolute Gasteiger partial charge is 0.274 e. The number of halogens is 1. The van der Waals surface area contributed by atoms with Crippen LogP contribution in [-0.4, -0.2) is 41.1 Å².